The van der Waals surface area contributed by atoms with Crippen LogP contribution in [0.1, 0.15) is 11.3 Å². The Hall–Kier alpha value is -1.16. The number of nitrogens with zero attached hydrogens (tertiary/aromatic N) is 2. The molecule has 27 heavy (non-hydrogen) atoms. The highest BCUT2D eigenvalue weighted by Gasteiger charge is 2.09. The number of aromatic nitrogens is 1. The van der Waals surface area contributed by atoms with Gasteiger partial charge in [-0.1, -0.05) is 41.4 Å². The van der Waals surface area contributed by atoms with Gasteiger partial charge in [0, 0.05) is 31.9 Å². The zero-order valence-electron chi connectivity index (χ0n) is 15.6. The topological polar surface area (TPSA) is 59.8 Å². The van der Waals surface area contributed by atoms with E-state index in [9.17, 15) is 0 Å². The van der Waals surface area contributed by atoms with Gasteiger partial charge in [-0.05, 0) is 12.1 Å². The second kappa shape index (κ2) is 12.3. The average molecular weight is 527 g/mol. The summed E-state index contributed by atoms with van der Waals surface area (Å²) >= 11 is 12.1. The van der Waals surface area contributed by atoms with E-state index in [-0.39, 0.29) is 24.0 Å². The fraction of sp³-hybridized carbons (Fsp3) is 0.389. The summed E-state index contributed by atoms with van der Waals surface area (Å²) in [6.45, 7) is 2.23. The number of halogens is 3. The number of benzene rings is 1. The third kappa shape index (κ3) is 7.06. The third-order valence-electron chi connectivity index (χ3n) is 3.87. The largest absolute Gasteiger partial charge is 0.496 e. The van der Waals surface area contributed by atoms with Crippen molar-refractivity contribution in [3.8, 4) is 5.75 Å². The van der Waals surface area contributed by atoms with Crippen LogP contribution in [0.5, 0.6) is 5.75 Å². The standard InChI is InChI=1S/C18H24Cl2N4O2.HI/c1-21-18(23-11-14-10-15(19)17(20)24(14)2)22-8-9-26-12-13-6-4-5-7-16(13)25-3;/h4-7,10H,8-9,11-12H2,1-3H3,(H2,21,22,23);1H. The van der Waals surface area contributed by atoms with Crippen LogP contribution in [-0.2, 0) is 24.9 Å². The average Bonchev–Trinajstić information content (AvgIpc) is 2.91. The Morgan fingerprint density at radius 3 is 2.59 bits per heavy atom. The van der Waals surface area contributed by atoms with Crippen molar-refractivity contribution in [2.45, 2.75) is 13.2 Å². The van der Waals surface area contributed by atoms with Gasteiger partial charge in [0.25, 0.3) is 0 Å². The van der Waals surface area contributed by atoms with Crippen LogP contribution < -0.4 is 15.4 Å². The van der Waals surface area contributed by atoms with Crippen LogP contribution >= 0.6 is 47.2 Å². The maximum absolute atomic E-state index is 6.07. The highest BCUT2D eigenvalue weighted by molar-refractivity contribution is 14.0. The molecule has 1 aromatic heterocycles. The van der Waals surface area contributed by atoms with Gasteiger partial charge in [-0.3, -0.25) is 4.99 Å². The molecule has 0 aliphatic rings. The summed E-state index contributed by atoms with van der Waals surface area (Å²) in [7, 11) is 5.24. The minimum Gasteiger partial charge on any atom is -0.496 e. The van der Waals surface area contributed by atoms with Crippen LogP contribution in [-0.4, -0.2) is 37.8 Å². The number of nitrogens with one attached hydrogen (secondary N) is 2. The van der Waals surface area contributed by atoms with Gasteiger partial charge >= 0.3 is 0 Å². The van der Waals surface area contributed by atoms with Crippen LogP contribution in [0.4, 0.5) is 0 Å². The number of methoxy groups -OCH3 is 1. The van der Waals surface area contributed by atoms with E-state index < -0.39 is 0 Å². The predicted molar refractivity (Wildman–Crippen MR) is 122 cm³/mol. The Morgan fingerprint density at radius 1 is 1.22 bits per heavy atom. The van der Waals surface area contributed by atoms with E-state index in [1.165, 1.54) is 0 Å². The lowest BCUT2D eigenvalue weighted by molar-refractivity contribution is 0.123. The molecule has 0 atom stereocenters. The normalized spacial score (nSPS) is 11.1. The summed E-state index contributed by atoms with van der Waals surface area (Å²) in [4.78, 5) is 4.19. The van der Waals surface area contributed by atoms with Gasteiger partial charge in [0.15, 0.2) is 5.96 Å². The van der Waals surface area contributed by atoms with Crippen molar-refractivity contribution in [1.29, 1.82) is 0 Å². The molecule has 1 aromatic carbocycles. The number of rotatable bonds is 8. The molecule has 0 aliphatic carbocycles. The summed E-state index contributed by atoms with van der Waals surface area (Å²) in [6, 6.07) is 9.65. The van der Waals surface area contributed by atoms with Crippen LogP contribution in [0.15, 0.2) is 35.3 Å². The SMILES string of the molecule is CN=C(NCCOCc1ccccc1OC)NCc1cc(Cl)c(Cl)n1C.I. The van der Waals surface area contributed by atoms with Crippen molar-refractivity contribution in [2.24, 2.45) is 12.0 Å². The van der Waals surface area contributed by atoms with Crippen LogP contribution in [0.3, 0.4) is 0 Å². The predicted octanol–water partition coefficient (Wildman–Crippen LogP) is 3.84. The second-order valence-corrected chi connectivity index (χ2v) is 6.32. The van der Waals surface area contributed by atoms with E-state index >= 15 is 0 Å². The minimum absolute atomic E-state index is 0. The van der Waals surface area contributed by atoms with Gasteiger partial charge in [0.05, 0.1) is 31.9 Å². The highest BCUT2D eigenvalue weighted by Crippen LogP contribution is 2.24. The zero-order valence-corrected chi connectivity index (χ0v) is 19.4. The number of hydrogen-bond donors (Lipinski definition) is 2. The Morgan fingerprint density at radius 2 is 1.96 bits per heavy atom. The Bertz CT molecular complexity index is 753. The molecular formula is C18H25Cl2IN4O2. The maximum Gasteiger partial charge on any atom is 0.191 e. The number of para-hydroxylation sites is 1. The number of hydrogen-bond acceptors (Lipinski definition) is 3. The van der Waals surface area contributed by atoms with E-state index in [0.717, 1.165) is 17.0 Å². The van der Waals surface area contributed by atoms with Gasteiger partial charge in [-0.25, -0.2) is 0 Å². The molecule has 0 unspecified atom stereocenters. The molecule has 2 rings (SSSR count). The second-order valence-electron chi connectivity index (χ2n) is 5.55. The molecule has 0 bridgehead atoms. The summed E-state index contributed by atoms with van der Waals surface area (Å²) in [5.74, 6) is 1.51. The summed E-state index contributed by atoms with van der Waals surface area (Å²) in [6.07, 6.45) is 0. The summed E-state index contributed by atoms with van der Waals surface area (Å²) < 4.78 is 12.8. The van der Waals surface area contributed by atoms with E-state index in [2.05, 4.69) is 15.6 Å². The van der Waals surface area contributed by atoms with Crippen molar-refractivity contribution < 1.29 is 9.47 Å². The molecule has 6 nitrogen and oxygen atoms in total. The molecule has 0 saturated heterocycles. The summed E-state index contributed by atoms with van der Waals surface area (Å²) in [5, 5.41) is 7.49. The molecule has 0 aliphatic heterocycles. The minimum atomic E-state index is 0. The van der Waals surface area contributed by atoms with Gasteiger partial charge in [-0.2, -0.15) is 0 Å². The van der Waals surface area contributed by atoms with Gasteiger partial charge in [0.1, 0.15) is 10.9 Å². The molecule has 2 N–H and O–H groups in total. The molecule has 0 amide bonds. The van der Waals surface area contributed by atoms with Gasteiger partial charge < -0.3 is 24.7 Å². The maximum atomic E-state index is 6.07. The van der Waals surface area contributed by atoms with Crippen molar-refractivity contribution in [2.75, 3.05) is 27.3 Å². The molecule has 2 aromatic rings. The first-order valence-electron chi connectivity index (χ1n) is 8.20. The highest BCUT2D eigenvalue weighted by atomic mass is 127. The Kier molecular flexibility index (Phi) is 10.9. The van der Waals surface area contributed by atoms with E-state index in [1.807, 2.05) is 41.9 Å². The monoisotopic (exact) mass is 526 g/mol. The van der Waals surface area contributed by atoms with Crippen molar-refractivity contribution in [3.63, 3.8) is 0 Å². The number of ether oxygens (including phenoxy) is 2. The Labute approximate surface area is 187 Å². The molecule has 0 fully saturated rings. The lowest BCUT2D eigenvalue weighted by Gasteiger charge is -2.13. The molecule has 0 saturated carbocycles. The lowest BCUT2D eigenvalue weighted by atomic mass is 10.2. The Balaban J connectivity index is 0.00000364. The van der Waals surface area contributed by atoms with Gasteiger partial charge in [-0.15, -0.1) is 24.0 Å². The van der Waals surface area contributed by atoms with Crippen LogP contribution in [0.25, 0.3) is 0 Å². The first-order valence-corrected chi connectivity index (χ1v) is 8.96. The molecule has 0 radical (unpaired) electrons. The first-order chi connectivity index (χ1) is 12.6. The van der Waals surface area contributed by atoms with Crippen LogP contribution in [0.2, 0.25) is 10.2 Å². The summed E-state index contributed by atoms with van der Waals surface area (Å²) in [5.41, 5.74) is 1.99. The molecular weight excluding hydrogens is 502 g/mol. The number of guanidine groups is 1. The zero-order chi connectivity index (χ0) is 18.9. The molecule has 150 valence electrons. The fourth-order valence-electron chi connectivity index (χ4n) is 2.40. The van der Waals surface area contributed by atoms with Crippen LogP contribution in [0, 0.1) is 0 Å². The molecule has 0 spiro atoms. The number of aliphatic imine (C=N–C) groups is 1. The molecule has 1 heterocycles. The van der Waals surface area contributed by atoms with Crippen molar-refractivity contribution in [1.82, 2.24) is 15.2 Å². The smallest absolute Gasteiger partial charge is 0.191 e. The van der Waals surface area contributed by atoms with Gasteiger partial charge in [0.2, 0.25) is 0 Å². The first kappa shape index (κ1) is 23.9. The fourth-order valence-corrected chi connectivity index (χ4v) is 2.82. The van der Waals surface area contributed by atoms with Crippen molar-refractivity contribution in [3.05, 3.63) is 51.8 Å². The quantitative estimate of drug-likeness (QED) is 0.237. The third-order valence-corrected chi connectivity index (χ3v) is 4.71. The van der Waals surface area contributed by atoms with E-state index in [0.29, 0.717) is 42.4 Å². The van der Waals surface area contributed by atoms with E-state index in [1.54, 1.807) is 14.2 Å². The van der Waals surface area contributed by atoms with Crippen molar-refractivity contribution >= 4 is 53.1 Å². The lowest BCUT2D eigenvalue weighted by Crippen LogP contribution is -2.38. The van der Waals surface area contributed by atoms with E-state index in [4.69, 9.17) is 32.7 Å². The molecule has 9 heteroatoms.